The molecule has 2 amide bonds. The largest absolute Gasteiger partial charge is 0.508 e. The molecule has 5 aliphatic heterocycles. The number of alkyl halides is 1. The molecule has 2 aromatic heterocycles. The van der Waals surface area contributed by atoms with Crippen molar-refractivity contribution in [2.24, 2.45) is 0 Å². The number of benzene rings is 2. The summed E-state index contributed by atoms with van der Waals surface area (Å²) < 4.78 is 58.9. The number of aromatic nitrogens is 3. The van der Waals surface area contributed by atoms with Crippen LogP contribution in [0.25, 0.3) is 32.9 Å². The number of carbonyl (C=O) groups excluding carboxylic acids is 2. The minimum Gasteiger partial charge on any atom is -0.508 e. The Bertz CT molecular complexity index is 2220. The minimum absolute atomic E-state index is 0.0677. The highest BCUT2D eigenvalue weighted by molar-refractivity contribution is 6.00. The summed E-state index contributed by atoms with van der Waals surface area (Å²) in [4.78, 5) is 48.8. The Kier molecular flexibility index (Phi) is 8.93. The van der Waals surface area contributed by atoms with Crippen LogP contribution in [0.1, 0.15) is 65.7 Å². The average molecular weight is 774 g/mol. The first-order chi connectivity index (χ1) is 26.8. The summed E-state index contributed by atoms with van der Waals surface area (Å²) in [6.45, 7) is 7.88. The molecule has 296 valence electrons. The van der Waals surface area contributed by atoms with Crippen LogP contribution in [0, 0.1) is 11.6 Å². The fraction of sp³-hybridized carbons (Fsp3) is 0.537. The molecule has 15 heteroatoms. The van der Waals surface area contributed by atoms with E-state index in [4.69, 9.17) is 14.5 Å². The zero-order valence-corrected chi connectivity index (χ0v) is 31.8. The zero-order valence-electron chi connectivity index (χ0n) is 31.8. The number of amides is 2. The van der Waals surface area contributed by atoms with Gasteiger partial charge in [0.1, 0.15) is 53.0 Å². The second-order valence-corrected chi connectivity index (χ2v) is 17.1. The van der Waals surface area contributed by atoms with Crippen molar-refractivity contribution in [3.05, 3.63) is 48.2 Å². The summed E-state index contributed by atoms with van der Waals surface area (Å²) in [5, 5.41) is 11.3. The summed E-state index contributed by atoms with van der Waals surface area (Å²) in [7, 11) is 0. The lowest BCUT2D eigenvalue weighted by Crippen LogP contribution is -2.60. The highest BCUT2D eigenvalue weighted by Gasteiger charge is 2.50. The number of phenols is 1. The van der Waals surface area contributed by atoms with Crippen LogP contribution < -0.4 is 9.64 Å². The number of rotatable bonds is 6. The molecule has 12 nitrogen and oxygen atoms in total. The van der Waals surface area contributed by atoms with Gasteiger partial charge in [-0.05, 0) is 89.4 Å². The Morgan fingerprint density at radius 2 is 1.80 bits per heavy atom. The van der Waals surface area contributed by atoms with Crippen LogP contribution in [-0.4, -0.2) is 122 Å². The lowest BCUT2D eigenvalue weighted by Gasteiger charge is -2.43. The van der Waals surface area contributed by atoms with E-state index >= 15 is 8.78 Å². The van der Waals surface area contributed by atoms with Crippen molar-refractivity contribution in [2.75, 3.05) is 44.2 Å². The number of phenolic OH excluding ortho intramolecular Hbond substituents is 1. The first-order valence-corrected chi connectivity index (χ1v) is 19.6. The lowest BCUT2D eigenvalue weighted by atomic mass is 9.95. The summed E-state index contributed by atoms with van der Waals surface area (Å²) in [5.41, 5.74) is -1.42. The number of anilines is 1. The molecule has 5 atom stereocenters. The van der Waals surface area contributed by atoms with E-state index < -0.39 is 41.1 Å². The molecule has 9 rings (SSSR count). The number of hydrogen-bond donors (Lipinski definition) is 1. The maximum Gasteiger partial charge on any atom is 0.410 e. The van der Waals surface area contributed by atoms with E-state index in [2.05, 4.69) is 14.9 Å². The quantitative estimate of drug-likeness (QED) is 0.237. The zero-order chi connectivity index (χ0) is 39.1. The van der Waals surface area contributed by atoms with E-state index in [1.807, 2.05) is 9.80 Å². The van der Waals surface area contributed by atoms with Crippen molar-refractivity contribution in [2.45, 2.75) is 101 Å². The van der Waals surface area contributed by atoms with E-state index in [0.29, 0.717) is 62.0 Å². The molecular formula is C41H46F3N7O5. The third kappa shape index (κ3) is 6.31. The second kappa shape index (κ2) is 13.6. The number of aromatic hydroxyl groups is 1. The van der Waals surface area contributed by atoms with Gasteiger partial charge in [0, 0.05) is 61.8 Å². The number of hydrogen-bond acceptors (Lipinski definition) is 10. The highest BCUT2D eigenvalue weighted by atomic mass is 19.1. The van der Waals surface area contributed by atoms with Crippen molar-refractivity contribution in [1.82, 2.24) is 29.7 Å². The molecule has 0 aliphatic carbocycles. The fourth-order valence-corrected chi connectivity index (χ4v) is 9.89. The second-order valence-electron chi connectivity index (χ2n) is 17.1. The Morgan fingerprint density at radius 1 is 1.02 bits per heavy atom. The van der Waals surface area contributed by atoms with Crippen LogP contribution >= 0.6 is 0 Å². The molecule has 0 saturated carbocycles. The van der Waals surface area contributed by atoms with Crippen molar-refractivity contribution in [1.29, 1.82) is 0 Å². The van der Waals surface area contributed by atoms with Gasteiger partial charge in [-0.3, -0.25) is 19.6 Å². The van der Waals surface area contributed by atoms with Gasteiger partial charge in [-0.2, -0.15) is 9.97 Å². The van der Waals surface area contributed by atoms with Gasteiger partial charge >= 0.3 is 12.1 Å². The normalized spacial score (nSPS) is 26.4. The Hall–Kier alpha value is -4.92. The molecular weight excluding hydrogens is 727 g/mol. The van der Waals surface area contributed by atoms with E-state index in [-0.39, 0.29) is 58.5 Å². The lowest BCUT2D eigenvalue weighted by molar-refractivity contribution is -0.139. The van der Waals surface area contributed by atoms with Gasteiger partial charge in [0.15, 0.2) is 5.82 Å². The smallest absolute Gasteiger partial charge is 0.410 e. The monoisotopic (exact) mass is 773 g/mol. The van der Waals surface area contributed by atoms with Crippen LogP contribution in [0.2, 0.25) is 0 Å². The number of ether oxygens (including phenoxy) is 2. The number of fused-ring (bicyclic) bond motifs is 5. The van der Waals surface area contributed by atoms with Crippen molar-refractivity contribution in [3.63, 3.8) is 0 Å². The van der Waals surface area contributed by atoms with Crippen molar-refractivity contribution < 1.29 is 37.3 Å². The maximum absolute atomic E-state index is 17.0. The van der Waals surface area contributed by atoms with Gasteiger partial charge in [-0.25, -0.2) is 18.0 Å². The average Bonchev–Trinajstić information content (AvgIpc) is 3.91. The molecule has 5 fully saturated rings. The number of likely N-dealkylation sites (tertiary alicyclic amines) is 1. The number of halogens is 3. The summed E-state index contributed by atoms with van der Waals surface area (Å²) >= 11 is 0. The molecule has 0 radical (unpaired) electrons. The maximum atomic E-state index is 17.0. The molecule has 1 N–H and O–H groups in total. The van der Waals surface area contributed by atoms with E-state index in [9.17, 15) is 19.1 Å². The van der Waals surface area contributed by atoms with Gasteiger partial charge in [0.25, 0.3) is 0 Å². The molecule has 56 heavy (non-hydrogen) atoms. The molecule has 2 bridgehead atoms. The van der Waals surface area contributed by atoms with Gasteiger partial charge in [0.2, 0.25) is 5.91 Å². The Labute approximate surface area is 322 Å². The highest BCUT2D eigenvalue weighted by Crippen LogP contribution is 2.43. The van der Waals surface area contributed by atoms with Crippen LogP contribution in [0.15, 0.2) is 36.5 Å². The summed E-state index contributed by atoms with van der Waals surface area (Å²) in [6.07, 6.45) is 4.76. The summed E-state index contributed by atoms with van der Waals surface area (Å²) in [6, 6.07) is 6.03. The van der Waals surface area contributed by atoms with E-state index in [1.165, 1.54) is 30.5 Å². The number of carbonyl (C=O) groups is 2. The SMILES string of the molecule is CC(C)(C)OC(=O)N1CCC[C@@H]1C(=O)N1C2CCC1CN(c1nc(OC[C@@]34CCCN3C[C@H](F)C4)nc3c(F)c(-c4cc(O)cc5cccc(F)c45)ncc13)C2. The predicted octanol–water partition coefficient (Wildman–Crippen LogP) is 6.36. The van der Waals surface area contributed by atoms with Gasteiger partial charge in [0.05, 0.1) is 10.9 Å². The van der Waals surface area contributed by atoms with Crippen LogP contribution in [0.5, 0.6) is 11.8 Å². The first kappa shape index (κ1) is 36.7. The van der Waals surface area contributed by atoms with Gasteiger partial charge in [-0.15, -0.1) is 0 Å². The molecule has 7 heterocycles. The molecule has 5 saturated heterocycles. The third-order valence-corrected chi connectivity index (χ3v) is 12.2. The van der Waals surface area contributed by atoms with Gasteiger partial charge in [-0.1, -0.05) is 12.1 Å². The number of piperazine rings is 1. The van der Waals surface area contributed by atoms with Crippen LogP contribution in [0.4, 0.5) is 23.8 Å². The van der Waals surface area contributed by atoms with E-state index in [0.717, 1.165) is 32.2 Å². The topological polar surface area (TPSA) is 124 Å². The molecule has 5 aliphatic rings. The van der Waals surface area contributed by atoms with Crippen molar-refractivity contribution in [3.8, 4) is 23.0 Å². The Balaban J connectivity index is 1.07. The molecule has 2 aromatic carbocycles. The standard InChI is InChI=1S/C41H46F3N7O5/c1-40(2,3)56-39(54)50-14-5-9-31(50)37(53)51-25-10-11-26(51)21-48(20-25)36-29-18-45-34(28-16-27(52)15-23-7-4-8-30(43)32(23)28)33(44)35(29)46-38(47-36)55-22-41-12-6-13-49(41)19-24(42)17-41/h4,7-8,15-16,18,24-26,31,52H,5-6,9-14,17,19-22H2,1-3H3/t24-,25?,26?,31-,41+/m1/s1. The molecule has 4 aromatic rings. The van der Waals surface area contributed by atoms with Gasteiger partial charge < -0.3 is 24.4 Å². The molecule has 2 unspecified atom stereocenters. The third-order valence-electron chi connectivity index (χ3n) is 12.2. The predicted molar refractivity (Wildman–Crippen MR) is 202 cm³/mol. The van der Waals surface area contributed by atoms with Crippen LogP contribution in [0.3, 0.4) is 0 Å². The minimum atomic E-state index is -0.967. The van der Waals surface area contributed by atoms with E-state index in [1.54, 1.807) is 31.7 Å². The molecule has 0 spiro atoms. The Morgan fingerprint density at radius 3 is 2.57 bits per heavy atom. The first-order valence-electron chi connectivity index (χ1n) is 19.6. The number of pyridine rings is 1. The fourth-order valence-electron chi connectivity index (χ4n) is 9.89. The summed E-state index contributed by atoms with van der Waals surface area (Å²) in [5.74, 6) is -1.32. The van der Waals surface area contributed by atoms with Crippen LogP contribution in [-0.2, 0) is 9.53 Å². The van der Waals surface area contributed by atoms with Crippen molar-refractivity contribution >= 4 is 39.5 Å². The number of nitrogens with zero attached hydrogens (tertiary/aromatic N) is 7.